The van der Waals surface area contributed by atoms with Gasteiger partial charge in [0.05, 0.1) is 18.5 Å². The van der Waals surface area contributed by atoms with E-state index in [0.29, 0.717) is 13.1 Å². The molecule has 5 nitrogen and oxygen atoms in total. The van der Waals surface area contributed by atoms with E-state index in [2.05, 4.69) is 0 Å². The lowest BCUT2D eigenvalue weighted by Crippen LogP contribution is -2.32. The zero-order valence-electron chi connectivity index (χ0n) is 11.2. The summed E-state index contributed by atoms with van der Waals surface area (Å²) in [4.78, 5) is 0. The molecule has 0 aromatic carbocycles. The van der Waals surface area contributed by atoms with Crippen LogP contribution in [0.1, 0.15) is 33.1 Å². The highest BCUT2D eigenvalue weighted by Crippen LogP contribution is 2.03. The van der Waals surface area contributed by atoms with Crippen molar-refractivity contribution in [1.82, 2.24) is 4.31 Å². The first-order valence-corrected chi connectivity index (χ1v) is 7.76. The van der Waals surface area contributed by atoms with Gasteiger partial charge in [0, 0.05) is 13.6 Å². The van der Waals surface area contributed by atoms with E-state index in [4.69, 9.17) is 10.5 Å². The highest BCUT2D eigenvalue weighted by Gasteiger charge is 2.17. The van der Waals surface area contributed by atoms with Gasteiger partial charge < -0.3 is 10.5 Å². The quantitative estimate of drug-likeness (QED) is 0.594. The zero-order valence-corrected chi connectivity index (χ0v) is 12.0. The average molecular weight is 266 g/mol. The first kappa shape index (κ1) is 16.8. The Morgan fingerprint density at radius 2 is 1.88 bits per heavy atom. The molecule has 0 aliphatic heterocycles. The summed E-state index contributed by atoms with van der Waals surface area (Å²) < 4.78 is 30.3. The molecule has 0 aromatic rings. The Labute approximate surface area is 105 Å². The molecule has 104 valence electrons. The molecule has 17 heavy (non-hydrogen) atoms. The van der Waals surface area contributed by atoms with E-state index in [0.717, 1.165) is 19.3 Å². The summed E-state index contributed by atoms with van der Waals surface area (Å²) in [7, 11) is -1.55. The maximum atomic E-state index is 11.8. The molecule has 0 heterocycles. The molecule has 0 aliphatic carbocycles. The van der Waals surface area contributed by atoms with Crippen LogP contribution in [-0.4, -0.2) is 51.3 Å². The standard InChI is InChI=1S/C11H26N2O3S/c1-11(2)16-9-10-17(14,15)13(3)8-6-4-5-7-12/h11H,4-10,12H2,1-3H3. The highest BCUT2D eigenvalue weighted by atomic mass is 32.2. The molecule has 0 fully saturated rings. The molecule has 0 saturated heterocycles. The van der Waals surface area contributed by atoms with Gasteiger partial charge in [-0.2, -0.15) is 0 Å². The van der Waals surface area contributed by atoms with Crippen LogP contribution in [0.15, 0.2) is 0 Å². The lowest BCUT2D eigenvalue weighted by Gasteiger charge is -2.17. The second-order valence-electron chi connectivity index (χ2n) is 4.41. The third-order valence-corrected chi connectivity index (χ3v) is 4.26. The molecule has 0 amide bonds. The Bertz CT molecular complexity index is 278. The smallest absolute Gasteiger partial charge is 0.216 e. The minimum atomic E-state index is -3.17. The molecule has 6 heteroatoms. The zero-order chi connectivity index (χ0) is 13.3. The molecule has 0 saturated carbocycles. The maximum Gasteiger partial charge on any atom is 0.216 e. The van der Waals surface area contributed by atoms with Crippen LogP contribution in [0.5, 0.6) is 0 Å². The number of ether oxygens (including phenoxy) is 1. The van der Waals surface area contributed by atoms with E-state index < -0.39 is 10.0 Å². The lowest BCUT2D eigenvalue weighted by molar-refractivity contribution is 0.0907. The molecule has 0 atom stereocenters. The number of rotatable bonds is 10. The van der Waals surface area contributed by atoms with Crippen molar-refractivity contribution in [3.8, 4) is 0 Å². The van der Waals surface area contributed by atoms with E-state index >= 15 is 0 Å². The minimum Gasteiger partial charge on any atom is -0.378 e. The van der Waals surface area contributed by atoms with Gasteiger partial charge in [-0.1, -0.05) is 6.42 Å². The Morgan fingerprint density at radius 3 is 2.41 bits per heavy atom. The van der Waals surface area contributed by atoms with Gasteiger partial charge in [0.15, 0.2) is 0 Å². The summed E-state index contributed by atoms with van der Waals surface area (Å²) in [6, 6.07) is 0. The second-order valence-corrected chi connectivity index (χ2v) is 6.60. The monoisotopic (exact) mass is 266 g/mol. The highest BCUT2D eigenvalue weighted by molar-refractivity contribution is 7.89. The van der Waals surface area contributed by atoms with Gasteiger partial charge in [0.1, 0.15) is 0 Å². The van der Waals surface area contributed by atoms with Crippen LogP contribution in [0.2, 0.25) is 0 Å². The fraction of sp³-hybridized carbons (Fsp3) is 1.00. The third-order valence-electron chi connectivity index (χ3n) is 2.44. The summed E-state index contributed by atoms with van der Waals surface area (Å²) >= 11 is 0. The normalized spacial score (nSPS) is 12.6. The summed E-state index contributed by atoms with van der Waals surface area (Å²) in [6.07, 6.45) is 2.85. The molecule has 0 bridgehead atoms. The summed E-state index contributed by atoms with van der Waals surface area (Å²) in [6.45, 7) is 5.27. The van der Waals surface area contributed by atoms with Crippen LogP contribution in [-0.2, 0) is 14.8 Å². The minimum absolute atomic E-state index is 0.0541. The van der Waals surface area contributed by atoms with E-state index in [1.54, 1.807) is 7.05 Å². The topological polar surface area (TPSA) is 72.6 Å². The molecular formula is C11H26N2O3S. The molecular weight excluding hydrogens is 240 g/mol. The number of sulfonamides is 1. The molecule has 2 N–H and O–H groups in total. The molecule has 0 aliphatic rings. The molecule has 0 aromatic heterocycles. The van der Waals surface area contributed by atoms with Crippen molar-refractivity contribution >= 4 is 10.0 Å². The van der Waals surface area contributed by atoms with Crippen LogP contribution in [0, 0.1) is 0 Å². The van der Waals surface area contributed by atoms with E-state index in [9.17, 15) is 8.42 Å². The van der Waals surface area contributed by atoms with Crippen LogP contribution in [0.4, 0.5) is 0 Å². The maximum absolute atomic E-state index is 11.8. The van der Waals surface area contributed by atoms with Crippen LogP contribution < -0.4 is 5.73 Å². The summed E-state index contributed by atoms with van der Waals surface area (Å²) in [5, 5.41) is 0. The van der Waals surface area contributed by atoms with Crippen LogP contribution in [0.25, 0.3) is 0 Å². The van der Waals surface area contributed by atoms with E-state index in [1.807, 2.05) is 13.8 Å². The second kappa shape index (κ2) is 8.85. The largest absolute Gasteiger partial charge is 0.378 e. The third kappa shape index (κ3) is 8.54. The van der Waals surface area contributed by atoms with Gasteiger partial charge in [0.2, 0.25) is 10.0 Å². The summed E-state index contributed by atoms with van der Waals surface area (Å²) in [5.41, 5.74) is 5.38. The number of nitrogens with two attached hydrogens (primary N) is 1. The van der Waals surface area contributed by atoms with Gasteiger partial charge in [-0.3, -0.25) is 0 Å². The van der Waals surface area contributed by atoms with Crippen LogP contribution in [0.3, 0.4) is 0 Å². The fourth-order valence-corrected chi connectivity index (χ4v) is 2.37. The van der Waals surface area contributed by atoms with Crippen molar-refractivity contribution in [3.05, 3.63) is 0 Å². The van der Waals surface area contributed by atoms with Gasteiger partial charge in [-0.05, 0) is 33.2 Å². The molecule has 0 spiro atoms. The number of nitrogens with zero attached hydrogens (tertiary/aromatic N) is 1. The first-order valence-electron chi connectivity index (χ1n) is 6.16. The molecule has 0 radical (unpaired) electrons. The number of unbranched alkanes of at least 4 members (excludes halogenated alkanes) is 2. The van der Waals surface area contributed by atoms with Gasteiger partial charge >= 0.3 is 0 Å². The van der Waals surface area contributed by atoms with E-state index in [1.165, 1.54) is 4.31 Å². The lowest BCUT2D eigenvalue weighted by atomic mass is 10.2. The molecule has 0 unspecified atom stereocenters. The Morgan fingerprint density at radius 1 is 1.24 bits per heavy atom. The number of hydrogen-bond acceptors (Lipinski definition) is 4. The molecule has 0 rings (SSSR count). The van der Waals surface area contributed by atoms with E-state index in [-0.39, 0.29) is 18.5 Å². The first-order chi connectivity index (χ1) is 7.90. The van der Waals surface area contributed by atoms with Crippen LogP contribution >= 0.6 is 0 Å². The Kier molecular flexibility index (Phi) is 8.77. The van der Waals surface area contributed by atoms with Crippen molar-refractivity contribution in [2.24, 2.45) is 5.73 Å². The van der Waals surface area contributed by atoms with Crippen molar-refractivity contribution in [3.63, 3.8) is 0 Å². The van der Waals surface area contributed by atoms with Gasteiger partial charge in [-0.25, -0.2) is 12.7 Å². The predicted octanol–water partition coefficient (Wildman–Crippen LogP) is 0.802. The summed E-state index contributed by atoms with van der Waals surface area (Å²) in [5.74, 6) is 0.0541. The predicted molar refractivity (Wildman–Crippen MR) is 70.4 cm³/mol. The fourth-order valence-electron chi connectivity index (χ4n) is 1.34. The SMILES string of the molecule is CC(C)OCCS(=O)(=O)N(C)CCCCCN. The van der Waals surface area contributed by atoms with Crippen molar-refractivity contribution < 1.29 is 13.2 Å². The Balaban J connectivity index is 3.86. The Hall–Kier alpha value is -0.170. The van der Waals surface area contributed by atoms with Gasteiger partial charge in [0.25, 0.3) is 0 Å². The van der Waals surface area contributed by atoms with Crippen molar-refractivity contribution in [1.29, 1.82) is 0 Å². The average Bonchev–Trinajstić information content (AvgIpc) is 2.23. The van der Waals surface area contributed by atoms with Crippen molar-refractivity contribution in [2.75, 3.05) is 32.5 Å². The van der Waals surface area contributed by atoms with Crippen molar-refractivity contribution in [2.45, 2.75) is 39.2 Å². The number of hydrogen-bond donors (Lipinski definition) is 1. The van der Waals surface area contributed by atoms with Gasteiger partial charge in [-0.15, -0.1) is 0 Å².